The number of hydrogen-bond donors (Lipinski definition) is 1. The molecule has 0 saturated heterocycles. The third-order valence-corrected chi connectivity index (χ3v) is 1.88. The quantitative estimate of drug-likeness (QED) is 0.852. The SMILES string of the molecule is CCn1ncc(C#N)c1NC(=O)OC(C)(C)C. The number of amides is 1. The number of nitrogens with zero attached hydrogens (tertiary/aromatic N) is 3. The van der Waals surface area contributed by atoms with Gasteiger partial charge in [-0.3, -0.25) is 5.32 Å². The fraction of sp³-hybridized carbons (Fsp3) is 0.545. The van der Waals surface area contributed by atoms with Crippen molar-refractivity contribution in [3.63, 3.8) is 0 Å². The second-order valence-corrected chi connectivity index (χ2v) is 4.46. The lowest BCUT2D eigenvalue weighted by Crippen LogP contribution is -2.28. The van der Waals surface area contributed by atoms with Crippen LogP contribution in [0.3, 0.4) is 0 Å². The zero-order valence-electron chi connectivity index (χ0n) is 10.4. The van der Waals surface area contributed by atoms with E-state index in [0.717, 1.165) is 0 Å². The molecule has 0 fully saturated rings. The molecule has 1 aromatic rings. The van der Waals surface area contributed by atoms with E-state index in [1.54, 1.807) is 20.8 Å². The lowest BCUT2D eigenvalue weighted by Gasteiger charge is -2.19. The van der Waals surface area contributed by atoms with Crippen LogP contribution in [-0.2, 0) is 11.3 Å². The zero-order chi connectivity index (χ0) is 13.1. The van der Waals surface area contributed by atoms with Crippen LogP contribution in [0.25, 0.3) is 0 Å². The number of rotatable bonds is 2. The van der Waals surface area contributed by atoms with Gasteiger partial charge < -0.3 is 4.74 Å². The fourth-order valence-electron chi connectivity index (χ4n) is 1.24. The number of ether oxygens (including phenoxy) is 1. The maximum absolute atomic E-state index is 11.6. The van der Waals surface area contributed by atoms with Crippen LogP contribution >= 0.6 is 0 Å². The Bertz CT molecular complexity index is 451. The maximum Gasteiger partial charge on any atom is 0.413 e. The van der Waals surface area contributed by atoms with Crippen LogP contribution in [0, 0.1) is 11.3 Å². The first kappa shape index (κ1) is 13.0. The first-order chi connectivity index (χ1) is 7.87. The molecule has 0 unspecified atom stereocenters. The van der Waals surface area contributed by atoms with Gasteiger partial charge in [-0.05, 0) is 27.7 Å². The largest absolute Gasteiger partial charge is 0.444 e. The van der Waals surface area contributed by atoms with Crippen molar-refractivity contribution >= 4 is 11.9 Å². The minimum Gasteiger partial charge on any atom is -0.444 e. The van der Waals surface area contributed by atoms with Gasteiger partial charge in [0.15, 0.2) is 5.82 Å². The molecule has 0 saturated carbocycles. The van der Waals surface area contributed by atoms with E-state index in [1.807, 2.05) is 13.0 Å². The first-order valence-electron chi connectivity index (χ1n) is 5.33. The van der Waals surface area contributed by atoms with Crippen LogP contribution in [0.4, 0.5) is 10.6 Å². The molecule has 0 aliphatic carbocycles. The molecule has 92 valence electrons. The molecule has 0 atom stereocenters. The maximum atomic E-state index is 11.6. The Hall–Kier alpha value is -2.03. The smallest absolute Gasteiger partial charge is 0.413 e. The molecule has 1 rings (SSSR count). The predicted molar refractivity (Wildman–Crippen MR) is 62.5 cm³/mol. The Kier molecular flexibility index (Phi) is 3.73. The van der Waals surface area contributed by atoms with Gasteiger partial charge in [-0.25, -0.2) is 9.48 Å². The number of carbonyl (C=O) groups is 1. The van der Waals surface area contributed by atoms with Gasteiger partial charge in [-0.1, -0.05) is 0 Å². The highest BCUT2D eigenvalue weighted by molar-refractivity contribution is 5.85. The van der Waals surface area contributed by atoms with Crippen LogP contribution < -0.4 is 5.32 Å². The Morgan fingerprint density at radius 2 is 2.29 bits per heavy atom. The number of carbonyl (C=O) groups excluding carboxylic acids is 1. The molecule has 0 aliphatic rings. The molecule has 1 amide bonds. The summed E-state index contributed by atoms with van der Waals surface area (Å²) < 4.78 is 6.64. The van der Waals surface area contributed by atoms with Gasteiger partial charge in [-0.15, -0.1) is 0 Å². The summed E-state index contributed by atoms with van der Waals surface area (Å²) in [6.45, 7) is 7.75. The van der Waals surface area contributed by atoms with E-state index in [2.05, 4.69) is 10.4 Å². The Morgan fingerprint density at radius 1 is 1.65 bits per heavy atom. The zero-order valence-corrected chi connectivity index (χ0v) is 10.4. The molecule has 6 nitrogen and oxygen atoms in total. The number of anilines is 1. The van der Waals surface area contributed by atoms with Gasteiger partial charge in [-0.2, -0.15) is 10.4 Å². The van der Waals surface area contributed by atoms with Crippen molar-refractivity contribution < 1.29 is 9.53 Å². The lowest BCUT2D eigenvalue weighted by molar-refractivity contribution is 0.0634. The summed E-state index contributed by atoms with van der Waals surface area (Å²) in [6, 6.07) is 1.96. The van der Waals surface area contributed by atoms with Crippen molar-refractivity contribution in [1.82, 2.24) is 9.78 Å². The Balaban J connectivity index is 2.84. The van der Waals surface area contributed by atoms with E-state index >= 15 is 0 Å². The molecule has 1 heterocycles. The standard InChI is InChI=1S/C11H16N4O2/c1-5-15-9(8(6-12)7-13-15)14-10(16)17-11(2,3)4/h7H,5H2,1-4H3,(H,14,16). The number of aromatic nitrogens is 2. The molecule has 0 radical (unpaired) electrons. The molecule has 6 heteroatoms. The van der Waals surface area contributed by atoms with E-state index < -0.39 is 11.7 Å². The topological polar surface area (TPSA) is 79.9 Å². The molecule has 0 spiro atoms. The molecule has 1 aromatic heterocycles. The minimum absolute atomic E-state index is 0.317. The summed E-state index contributed by atoms with van der Waals surface area (Å²) in [5, 5.41) is 15.4. The van der Waals surface area contributed by atoms with Crippen LogP contribution in [0.15, 0.2) is 6.20 Å². The van der Waals surface area contributed by atoms with Gasteiger partial charge >= 0.3 is 6.09 Å². The van der Waals surface area contributed by atoms with Crippen LogP contribution in [-0.4, -0.2) is 21.5 Å². The van der Waals surface area contributed by atoms with Crippen LogP contribution in [0.1, 0.15) is 33.3 Å². The van der Waals surface area contributed by atoms with Crippen molar-refractivity contribution in [2.75, 3.05) is 5.32 Å². The van der Waals surface area contributed by atoms with Crippen molar-refractivity contribution in [3.05, 3.63) is 11.8 Å². The monoisotopic (exact) mass is 236 g/mol. The lowest BCUT2D eigenvalue weighted by atomic mass is 10.2. The average molecular weight is 236 g/mol. The fourth-order valence-corrected chi connectivity index (χ4v) is 1.24. The molecule has 0 aliphatic heterocycles. The molecular weight excluding hydrogens is 220 g/mol. The molecule has 0 aromatic carbocycles. The number of hydrogen-bond acceptors (Lipinski definition) is 4. The van der Waals surface area contributed by atoms with Gasteiger partial charge in [0, 0.05) is 6.54 Å². The van der Waals surface area contributed by atoms with Crippen molar-refractivity contribution in [1.29, 1.82) is 5.26 Å². The van der Waals surface area contributed by atoms with Crippen LogP contribution in [0.2, 0.25) is 0 Å². The van der Waals surface area contributed by atoms with E-state index in [4.69, 9.17) is 10.00 Å². The predicted octanol–water partition coefficient (Wildman–Crippen LogP) is 2.12. The highest BCUT2D eigenvalue weighted by atomic mass is 16.6. The van der Waals surface area contributed by atoms with Crippen molar-refractivity contribution in [2.24, 2.45) is 0 Å². The number of nitrogens with one attached hydrogen (secondary N) is 1. The van der Waals surface area contributed by atoms with Gasteiger partial charge in [0.1, 0.15) is 17.2 Å². The highest BCUT2D eigenvalue weighted by Crippen LogP contribution is 2.16. The van der Waals surface area contributed by atoms with Gasteiger partial charge in [0.25, 0.3) is 0 Å². The summed E-state index contributed by atoms with van der Waals surface area (Å²) in [5.41, 5.74) is -0.258. The highest BCUT2D eigenvalue weighted by Gasteiger charge is 2.19. The number of aryl methyl sites for hydroxylation is 1. The Morgan fingerprint density at radius 3 is 2.76 bits per heavy atom. The molecule has 1 N–H and O–H groups in total. The van der Waals surface area contributed by atoms with E-state index in [-0.39, 0.29) is 0 Å². The Labute approximate surface area is 100 Å². The third kappa shape index (κ3) is 3.48. The average Bonchev–Trinajstić information content (AvgIpc) is 2.57. The molecular formula is C11H16N4O2. The summed E-state index contributed by atoms with van der Waals surface area (Å²) >= 11 is 0. The summed E-state index contributed by atoms with van der Waals surface area (Å²) in [4.78, 5) is 11.6. The van der Waals surface area contributed by atoms with E-state index in [1.165, 1.54) is 10.9 Å². The molecule has 0 bridgehead atoms. The summed E-state index contributed by atoms with van der Waals surface area (Å²) in [6.07, 6.45) is 0.820. The minimum atomic E-state index is -0.593. The first-order valence-corrected chi connectivity index (χ1v) is 5.33. The van der Waals surface area contributed by atoms with Crippen LogP contribution in [0.5, 0.6) is 0 Å². The second-order valence-electron chi connectivity index (χ2n) is 4.46. The molecule has 17 heavy (non-hydrogen) atoms. The summed E-state index contributed by atoms with van der Waals surface area (Å²) in [7, 11) is 0. The van der Waals surface area contributed by atoms with Crippen molar-refractivity contribution in [2.45, 2.75) is 39.8 Å². The van der Waals surface area contributed by atoms with Gasteiger partial charge in [0.05, 0.1) is 6.20 Å². The van der Waals surface area contributed by atoms with E-state index in [9.17, 15) is 4.79 Å². The third-order valence-electron chi connectivity index (χ3n) is 1.88. The second kappa shape index (κ2) is 4.87. The van der Waals surface area contributed by atoms with Crippen molar-refractivity contribution in [3.8, 4) is 6.07 Å². The van der Waals surface area contributed by atoms with Gasteiger partial charge in [0.2, 0.25) is 0 Å². The number of nitriles is 1. The normalized spacial score (nSPS) is 10.8. The van der Waals surface area contributed by atoms with E-state index in [0.29, 0.717) is 17.9 Å². The summed E-state index contributed by atoms with van der Waals surface area (Å²) in [5.74, 6) is 0.365.